The lowest BCUT2D eigenvalue weighted by molar-refractivity contribution is -0.135. The van der Waals surface area contributed by atoms with Gasteiger partial charge in [0.25, 0.3) is 0 Å². The molecule has 1 atom stereocenters. The minimum Gasteiger partial charge on any atom is -0.505 e. The Bertz CT molecular complexity index is 1560. The lowest BCUT2D eigenvalue weighted by Crippen LogP contribution is -2.48. The third kappa shape index (κ3) is 4.76. The molecule has 2 aromatic carbocycles. The topological polar surface area (TPSA) is 110 Å². The molecular weight excluding hydrogens is 506 g/mol. The molecule has 0 spiro atoms. The van der Waals surface area contributed by atoms with Crippen molar-refractivity contribution in [1.82, 2.24) is 30.0 Å². The maximum atomic E-state index is 15.5. The highest BCUT2D eigenvalue weighted by Crippen LogP contribution is 2.35. The SMILES string of the molecule is CCc1cc(O)c(F)cc1-c1cc(F)c2c(-c3nc4c([nH]3)CN(C(=O)CN3CCO[C@H](C)C3)CC4)n[nH]c2c1. The molecule has 11 heteroatoms. The first-order chi connectivity index (χ1) is 18.8. The van der Waals surface area contributed by atoms with Gasteiger partial charge in [-0.3, -0.25) is 14.8 Å². The molecule has 0 radical (unpaired) electrons. The zero-order valence-electron chi connectivity index (χ0n) is 21.9. The lowest BCUT2D eigenvalue weighted by Gasteiger charge is -2.33. The highest BCUT2D eigenvalue weighted by atomic mass is 19.1. The fourth-order valence-corrected chi connectivity index (χ4v) is 5.55. The Morgan fingerprint density at radius 3 is 2.85 bits per heavy atom. The van der Waals surface area contributed by atoms with Gasteiger partial charge in [0, 0.05) is 26.1 Å². The number of amides is 1. The Labute approximate surface area is 223 Å². The van der Waals surface area contributed by atoms with Crippen LogP contribution in [0.2, 0.25) is 0 Å². The maximum absolute atomic E-state index is 15.5. The number of imidazole rings is 1. The average molecular weight is 537 g/mol. The second-order valence-corrected chi connectivity index (χ2v) is 10.3. The number of carbonyl (C=O) groups is 1. The van der Waals surface area contributed by atoms with Crippen molar-refractivity contribution >= 4 is 16.8 Å². The van der Waals surface area contributed by atoms with Gasteiger partial charge in [-0.1, -0.05) is 6.92 Å². The van der Waals surface area contributed by atoms with Crippen LogP contribution in [0.3, 0.4) is 0 Å². The summed E-state index contributed by atoms with van der Waals surface area (Å²) in [7, 11) is 0. The first kappa shape index (κ1) is 25.4. The Morgan fingerprint density at radius 1 is 1.21 bits per heavy atom. The molecule has 2 aliphatic heterocycles. The van der Waals surface area contributed by atoms with Crippen LogP contribution in [0.1, 0.15) is 30.8 Å². The maximum Gasteiger partial charge on any atom is 0.237 e. The van der Waals surface area contributed by atoms with Crippen LogP contribution >= 0.6 is 0 Å². The van der Waals surface area contributed by atoms with Gasteiger partial charge in [-0.2, -0.15) is 5.10 Å². The predicted octanol–water partition coefficient (Wildman–Crippen LogP) is 3.77. The van der Waals surface area contributed by atoms with Gasteiger partial charge in [0.1, 0.15) is 11.5 Å². The highest BCUT2D eigenvalue weighted by Gasteiger charge is 2.28. The number of carbonyl (C=O) groups excluding carboxylic acids is 1. The number of rotatable bonds is 5. The number of aromatic hydroxyl groups is 1. The molecule has 0 bridgehead atoms. The summed E-state index contributed by atoms with van der Waals surface area (Å²) in [4.78, 5) is 24.9. The summed E-state index contributed by atoms with van der Waals surface area (Å²) in [6.45, 7) is 7.32. The fourth-order valence-electron chi connectivity index (χ4n) is 5.55. The molecule has 1 amide bonds. The number of aryl methyl sites for hydroxylation is 1. The second-order valence-electron chi connectivity index (χ2n) is 10.3. The summed E-state index contributed by atoms with van der Waals surface area (Å²) in [5.41, 5.74) is 4.14. The van der Waals surface area contributed by atoms with E-state index in [0.29, 0.717) is 72.8 Å². The molecule has 6 rings (SSSR count). The van der Waals surface area contributed by atoms with E-state index in [1.165, 1.54) is 18.2 Å². The number of hydrogen-bond donors (Lipinski definition) is 3. The summed E-state index contributed by atoms with van der Waals surface area (Å²) < 4.78 is 35.2. The van der Waals surface area contributed by atoms with Crippen LogP contribution in [0.15, 0.2) is 24.3 Å². The van der Waals surface area contributed by atoms with Gasteiger partial charge in [0.15, 0.2) is 17.4 Å². The van der Waals surface area contributed by atoms with Crippen LogP contribution < -0.4 is 0 Å². The first-order valence-corrected chi connectivity index (χ1v) is 13.2. The van der Waals surface area contributed by atoms with E-state index in [0.717, 1.165) is 24.5 Å². The van der Waals surface area contributed by atoms with Crippen LogP contribution in [0.25, 0.3) is 33.5 Å². The smallest absolute Gasteiger partial charge is 0.237 e. The van der Waals surface area contributed by atoms with Crippen molar-refractivity contribution in [3.63, 3.8) is 0 Å². The van der Waals surface area contributed by atoms with E-state index in [1.54, 1.807) is 6.07 Å². The van der Waals surface area contributed by atoms with Gasteiger partial charge in [-0.25, -0.2) is 13.8 Å². The van der Waals surface area contributed by atoms with E-state index >= 15 is 4.39 Å². The molecule has 2 aromatic heterocycles. The Balaban J connectivity index is 1.26. The van der Waals surface area contributed by atoms with E-state index in [2.05, 4.69) is 25.1 Å². The third-order valence-corrected chi connectivity index (χ3v) is 7.57. The predicted molar refractivity (Wildman–Crippen MR) is 141 cm³/mol. The Kier molecular flexibility index (Phi) is 6.56. The number of nitrogens with one attached hydrogen (secondary N) is 2. The number of aromatic nitrogens is 4. The molecule has 0 saturated carbocycles. The summed E-state index contributed by atoms with van der Waals surface area (Å²) >= 11 is 0. The number of hydrogen-bond acceptors (Lipinski definition) is 6. The van der Waals surface area contributed by atoms with Gasteiger partial charge in [0.05, 0.1) is 48.1 Å². The molecule has 1 saturated heterocycles. The lowest BCUT2D eigenvalue weighted by atomic mass is 9.96. The number of nitrogens with zero attached hydrogens (tertiary/aromatic N) is 4. The van der Waals surface area contributed by atoms with Crippen molar-refractivity contribution < 1.29 is 23.4 Å². The van der Waals surface area contributed by atoms with Gasteiger partial charge in [-0.05, 0) is 54.3 Å². The molecule has 4 aromatic rings. The van der Waals surface area contributed by atoms with E-state index in [4.69, 9.17) is 4.74 Å². The van der Waals surface area contributed by atoms with Gasteiger partial charge < -0.3 is 19.7 Å². The van der Waals surface area contributed by atoms with Crippen molar-refractivity contribution in [2.45, 2.75) is 39.3 Å². The van der Waals surface area contributed by atoms with Crippen LogP contribution in [0.5, 0.6) is 5.75 Å². The van der Waals surface area contributed by atoms with Crippen molar-refractivity contribution in [3.8, 4) is 28.4 Å². The monoisotopic (exact) mass is 536 g/mol. The van der Waals surface area contributed by atoms with Gasteiger partial charge in [-0.15, -0.1) is 0 Å². The van der Waals surface area contributed by atoms with Crippen LogP contribution in [-0.2, 0) is 28.9 Å². The number of H-pyrrole nitrogens is 2. The Hall–Kier alpha value is -3.83. The van der Waals surface area contributed by atoms with Crippen molar-refractivity contribution in [1.29, 1.82) is 0 Å². The molecular formula is C28H30F2N6O3. The summed E-state index contributed by atoms with van der Waals surface area (Å²) in [5, 5.41) is 17.3. The molecule has 3 N–H and O–H groups in total. The third-order valence-electron chi connectivity index (χ3n) is 7.57. The molecule has 0 unspecified atom stereocenters. The molecule has 2 aliphatic rings. The van der Waals surface area contributed by atoms with Crippen molar-refractivity contribution in [3.05, 3.63) is 52.9 Å². The number of fused-ring (bicyclic) bond motifs is 2. The van der Waals surface area contributed by atoms with Crippen molar-refractivity contribution in [2.75, 3.05) is 32.8 Å². The number of ether oxygens (including phenoxy) is 1. The van der Waals surface area contributed by atoms with Crippen LogP contribution in [0.4, 0.5) is 8.78 Å². The van der Waals surface area contributed by atoms with Gasteiger partial charge >= 0.3 is 0 Å². The first-order valence-electron chi connectivity index (χ1n) is 13.2. The standard InChI is InChI=1S/C28H30F2N6O3/c1-3-16-10-24(37)19(29)11-18(16)17-8-20(30)26-22(9-17)33-34-27(26)28-31-21-4-5-36(13-23(21)32-28)25(38)14-35-6-7-39-15(2)12-35/h8-11,15,37H,3-7,12-14H2,1-2H3,(H,31,32)(H,33,34)/t15-/m1/s1. The molecule has 9 nitrogen and oxygen atoms in total. The largest absolute Gasteiger partial charge is 0.505 e. The number of aromatic amines is 2. The quantitative estimate of drug-likeness (QED) is 0.358. The fraction of sp³-hybridized carbons (Fsp3) is 0.393. The van der Waals surface area contributed by atoms with E-state index < -0.39 is 17.4 Å². The highest BCUT2D eigenvalue weighted by molar-refractivity contribution is 5.94. The number of phenolic OH excluding ortho intramolecular Hbond substituents is 1. The molecule has 204 valence electrons. The van der Waals surface area contributed by atoms with Gasteiger partial charge in [0.2, 0.25) is 5.91 Å². The van der Waals surface area contributed by atoms with E-state index in [1.807, 2.05) is 18.7 Å². The Morgan fingerprint density at radius 2 is 2.05 bits per heavy atom. The number of phenols is 1. The molecule has 39 heavy (non-hydrogen) atoms. The van der Waals surface area contributed by atoms with Crippen LogP contribution in [-0.4, -0.2) is 79.9 Å². The second kappa shape index (κ2) is 10.0. The van der Waals surface area contributed by atoms with Crippen molar-refractivity contribution in [2.24, 2.45) is 0 Å². The average Bonchev–Trinajstić information content (AvgIpc) is 3.54. The van der Waals surface area contributed by atoms with E-state index in [-0.39, 0.29) is 17.4 Å². The molecule has 1 fully saturated rings. The molecule has 4 heterocycles. The summed E-state index contributed by atoms with van der Waals surface area (Å²) in [5.74, 6) is -1.22. The number of benzene rings is 2. The minimum absolute atomic E-state index is 0.0619. The summed E-state index contributed by atoms with van der Waals surface area (Å²) in [6, 6.07) is 5.66. The summed E-state index contributed by atoms with van der Waals surface area (Å²) in [6.07, 6.45) is 1.25. The minimum atomic E-state index is -0.763. The zero-order valence-corrected chi connectivity index (χ0v) is 21.9. The number of morpholine rings is 1. The van der Waals surface area contributed by atoms with E-state index in [9.17, 15) is 14.3 Å². The zero-order chi connectivity index (χ0) is 27.3. The number of halogens is 2. The molecule has 0 aliphatic carbocycles. The normalized spacial score (nSPS) is 18.1. The van der Waals surface area contributed by atoms with Crippen LogP contribution in [0, 0.1) is 11.6 Å².